The van der Waals surface area contributed by atoms with Crippen LogP contribution in [0.4, 0.5) is 20.3 Å². The van der Waals surface area contributed by atoms with Gasteiger partial charge in [0.05, 0.1) is 4.92 Å². The van der Waals surface area contributed by atoms with Crippen LogP contribution in [0.3, 0.4) is 0 Å². The zero-order chi connectivity index (χ0) is 14.0. The van der Waals surface area contributed by atoms with Gasteiger partial charge < -0.3 is 10.5 Å². The third-order valence-corrected chi connectivity index (χ3v) is 2.19. The van der Waals surface area contributed by atoms with E-state index in [1.807, 2.05) is 0 Å². The molecule has 0 radical (unpaired) electrons. The Hall–Kier alpha value is -2.77. The predicted molar refractivity (Wildman–Crippen MR) is 61.7 cm³/mol. The first kappa shape index (κ1) is 12.7. The van der Waals surface area contributed by atoms with Crippen molar-refractivity contribution >= 4 is 11.5 Å². The number of halogens is 2. The highest BCUT2D eigenvalue weighted by Gasteiger charge is 2.14. The highest BCUT2D eigenvalue weighted by molar-refractivity contribution is 5.53. The third-order valence-electron chi connectivity index (χ3n) is 2.19. The molecule has 0 aliphatic heterocycles. The Morgan fingerprint density at radius 1 is 1.21 bits per heavy atom. The van der Waals surface area contributed by atoms with E-state index in [-0.39, 0.29) is 23.1 Å². The molecule has 0 saturated carbocycles. The van der Waals surface area contributed by atoms with E-state index in [4.69, 9.17) is 10.5 Å². The Labute approximate surface area is 105 Å². The number of benzene rings is 1. The largest absolute Gasteiger partial charge is 0.439 e. The van der Waals surface area contributed by atoms with Crippen LogP contribution in [0.25, 0.3) is 0 Å². The fourth-order valence-corrected chi connectivity index (χ4v) is 1.32. The summed E-state index contributed by atoms with van der Waals surface area (Å²) in [6.45, 7) is 0. The standard InChI is InChI=1S/C11H7F2N3O3/c12-7-2-1-6(5-8(7)13)19-10-4-3-9(16(17)18)11(14)15-10/h1-5H,(H2,14,15). The molecule has 0 aliphatic rings. The minimum Gasteiger partial charge on any atom is -0.439 e. The maximum atomic E-state index is 12.9. The number of nitro groups is 1. The van der Waals surface area contributed by atoms with Crippen LogP contribution in [0.1, 0.15) is 0 Å². The molecular formula is C11H7F2N3O3. The quantitative estimate of drug-likeness (QED) is 0.681. The number of pyridine rings is 1. The molecule has 0 fully saturated rings. The van der Waals surface area contributed by atoms with Crippen LogP contribution in [0.2, 0.25) is 0 Å². The van der Waals surface area contributed by atoms with Crippen LogP contribution in [-0.4, -0.2) is 9.91 Å². The number of hydrogen-bond donors (Lipinski definition) is 1. The summed E-state index contributed by atoms with van der Waals surface area (Å²) < 4.78 is 30.8. The zero-order valence-electron chi connectivity index (χ0n) is 9.34. The van der Waals surface area contributed by atoms with Crippen LogP contribution in [0.15, 0.2) is 30.3 Å². The second kappa shape index (κ2) is 4.84. The molecule has 19 heavy (non-hydrogen) atoms. The Balaban J connectivity index is 2.26. The van der Waals surface area contributed by atoms with Gasteiger partial charge >= 0.3 is 5.69 Å². The van der Waals surface area contributed by atoms with Crippen molar-refractivity contribution < 1.29 is 18.4 Å². The molecule has 0 aliphatic carbocycles. The SMILES string of the molecule is Nc1nc(Oc2ccc(F)c(F)c2)ccc1[N+](=O)[O-]. The molecular weight excluding hydrogens is 260 g/mol. The normalized spacial score (nSPS) is 10.2. The van der Waals surface area contributed by atoms with E-state index in [0.29, 0.717) is 0 Å². The fraction of sp³-hybridized carbons (Fsp3) is 0. The molecule has 8 heteroatoms. The van der Waals surface area contributed by atoms with Gasteiger partial charge in [0, 0.05) is 18.2 Å². The summed E-state index contributed by atoms with van der Waals surface area (Å²) in [5, 5.41) is 10.5. The molecule has 0 spiro atoms. The summed E-state index contributed by atoms with van der Waals surface area (Å²) in [5.74, 6) is -2.48. The lowest BCUT2D eigenvalue weighted by Gasteiger charge is -2.05. The van der Waals surface area contributed by atoms with Crippen LogP contribution in [-0.2, 0) is 0 Å². The van der Waals surface area contributed by atoms with Gasteiger partial charge in [0.25, 0.3) is 0 Å². The van der Waals surface area contributed by atoms with Crippen molar-refractivity contribution in [1.29, 1.82) is 0 Å². The van der Waals surface area contributed by atoms with E-state index >= 15 is 0 Å². The Bertz CT molecular complexity index is 649. The second-order valence-electron chi connectivity index (χ2n) is 3.49. The van der Waals surface area contributed by atoms with E-state index in [1.165, 1.54) is 12.1 Å². The summed E-state index contributed by atoms with van der Waals surface area (Å²) in [6, 6.07) is 5.22. The topological polar surface area (TPSA) is 91.3 Å². The molecule has 0 atom stereocenters. The monoisotopic (exact) mass is 267 g/mol. The summed E-state index contributed by atoms with van der Waals surface area (Å²) in [7, 11) is 0. The number of nitrogens with two attached hydrogens (primary N) is 1. The van der Waals surface area contributed by atoms with Crippen molar-refractivity contribution in [1.82, 2.24) is 4.98 Å². The Morgan fingerprint density at radius 2 is 1.95 bits per heavy atom. The number of anilines is 1. The van der Waals surface area contributed by atoms with Crippen LogP contribution >= 0.6 is 0 Å². The van der Waals surface area contributed by atoms with Gasteiger partial charge in [-0.1, -0.05) is 0 Å². The van der Waals surface area contributed by atoms with Crippen LogP contribution in [0, 0.1) is 21.7 Å². The number of ether oxygens (including phenoxy) is 1. The Morgan fingerprint density at radius 3 is 2.53 bits per heavy atom. The average molecular weight is 267 g/mol. The minimum atomic E-state index is -1.08. The number of hydrogen-bond acceptors (Lipinski definition) is 5. The molecule has 1 aromatic heterocycles. The molecule has 2 rings (SSSR count). The molecule has 1 heterocycles. The summed E-state index contributed by atoms with van der Waals surface area (Å²) in [6.07, 6.45) is 0. The number of aromatic nitrogens is 1. The molecule has 0 amide bonds. The van der Waals surface area contributed by atoms with Gasteiger partial charge in [0.1, 0.15) is 5.75 Å². The van der Waals surface area contributed by atoms with Gasteiger partial charge in [-0.05, 0) is 12.1 Å². The van der Waals surface area contributed by atoms with Crippen molar-refractivity contribution in [3.05, 3.63) is 52.1 Å². The molecule has 0 saturated heterocycles. The first-order valence-electron chi connectivity index (χ1n) is 5.01. The van der Waals surface area contributed by atoms with E-state index in [1.54, 1.807) is 0 Å². The van der Waals surface area contributed by atoms with E-state index in [9.17, 15) is 18.9 Å². The van der Waals surface area contributed by atoms with Gasteiger partial charge in [-0.2, -0.15) is 4.98 Å². The van der Waals surface area contributed by atoms with Crippen molar-refractivity contribution in [2.24, 2.45) is 0 Å². The van der Waals surface area contributed by atoms with Crippen molar-refractivity contribution in [2.45, 2.75) is 0 Å². The molecule has 1 aromatic carbocycles. The highest BCUT2D eigenvalue weighted by Crippen LogP contribution is 2.26. The lowest BCUT2D eigenvalue weighted by Crippen LogP contribution is -1.99. The summed E-state index contributed by atoms with van der Waals surface area (Å²) in [4.78, 5) is 13.5. The van der Waals surface area contributed by atoms with E-state index < -0.39 is 16.6 Å². The van der Waals surface area contributed by atoms with Crippen LogP contribution in [0.5, 0.6) is 11.6 Å². The van der Waals surface area contributed by atoms with Crippen molar-refractivity contribution in [3.8, 4) is 11.6 Å². The highest BCUT2D eigenvalue weighted by atomic mass is 19.2. The molecule has 0 unspecified atom stereocenters. The van der Waals surface area contributed by atoms with Crippen molar-refractivity contribution in [2.75, 3.05) is 5.73 Å². The van der Waals surface area contributed by atoms with E-state index in [0.717, 1.165) is 18.2 Å². The third kappa shape index (κ3) is 2.73. The van der Waals surface area contributed by atoms with Gasteiger partial charge in [0.2, 0.25) is 11.7 Å². The maximum absolute atomic E-state index is 12.9. The average Bonchev–Trinajstić information content (AvgIpc) is 2.33. The Kier molecular flexibility index (Phi) is 3.23. The van der Waals surface area contributed by atoms with Crippen molar-refractivity contribution in [3.63, 3.8) is 0 Å². The first-order valence-corrected chi connectivity index (χ1v) is 5.01. The maximum Gasteiger partial charge on any atom is 0.311 e. The molecule has 98 valence electrons. The number of rotatable bonds is 3. The fourth-order valence-electron chi connectivity index (χ4n) is 1.32. The zero-order valence-corrected chi connectivity index (χ0v) is 9.34. The molecule has 2 N–H and O–H groups in total. The molecule has 2 aromatic rings. The lowest BCUT2D eigenvalue weighted by molar-refractivity contribution is -0.384. The predicted octanol–water partition coefficient (Wildman–Crippen LogP) is 2.64. The molecule has 6 nitrogen and oxygen atoms in total. The summed E-state index contributed by atoms with van der Waals surface area (Å²) >= 11 is 0. The second-order valence-corrected chi connectivity index (χ2v) is 3.49. The first-order chi connectivity index (χ1) is 8.97. The molecule has 0 bridgehead atoms. The van der Waals surface area contributed by atoms with Crippen LogP contribution < -0.4 is 10.5 Å². The van der Waals surface area contributed by atoms with Gasteiger partial charge in [-0.3, -0.25) is 10.1 Å². The van der Waals surface area contributed by atoms with Gasteiger partial charge in [-0.25, -0.2) is 8.78 Å². The smallest absolute Gasteiger partial charge is 0.311 e. The van der Waals surface area contributed by atoms with Gasteiger partial charge in [0.15, 0.2) is 11.6 Å². The van der Waals surface area contributed by atoms with Gasteiger partial charge in [-0.15, -0.1) is 0 Å². The minimum absolute atomic E-state index is 0.000321. The number of nitrogens with zero attached hydrogens (tertiary/aromatic N) is 2. The van der Waals surface area contributed by atoms with E-state index in [2.05, 4.69) is 4.98 Å². The lowest BCUT2D eigenvalue weighted by atomic mass is 10.3. The summed E-state index contributed by atoms with van der Waals surface area (Å²) in [5.41, 5.74) is 5.00. The number of nitrogen functional groups attached to an aromatic ring is 1.